The number of benzene rings is 1. The average molecular weight is 233 g/mol. The molecular formula is C13H12FNO2. The van der Waals surface area contributed by atoms with Crippen molar-refractivity contribution in [2.45, 2.75) is 18.3 Å². The number of carboxylic acid groups (broad SMARTS) is 1. The van der Waals surface area contributed by atoms with Crippen molar-refractivity contribution in [2.24, 2.45) is 7.05 Å². The van der Waals surface area contributed by atoms with E-state index in [0.717, 1.165) is 5.56 Å². The predicted molar refractivity (Wildman–Crippen MR) is 61.4 cm³/mol. The number of hydrogen-bond acceptors (Lipinski definition) is 1. The first-order chi connectivity index (χ1) is 8.06. The number of carbonyl (C=O) groups is 1. The summed E-state index contributed by atoms with van der Waals surface area (Å²) in [6.07, 6.45) is 3.02. The van der Waals surface area contributed by atoms with Crippen molar-refractivity contribution >= 4 is 16.9 Å². The number of rotatable bonds is 2. The Labute approximate surface area is 97.5 Å². The van der Waals surface area contributed by atoms with Crippen molar-refractivity contribution < 1.29 is 14.3 Å². The van der Waals surface area contributed by atoms with E-state index in [9.17, 15) is 14.3 Å². The van der Waals surface area contributed by atoms with Gasteiger partial charge in [0, 0.05) is 18.6 Å². The van der Waals surface area contributed by atoms with Gasteiger partial charge in [-0.2, -0.15) is 0 Å². The Balaban J connectivity index is 2.33. The summed E-state index contributed by atoms with van der Waals surface area (Å²) >= 11 is 0. The van der Waals surface area contributed by atoms with Crippen LogP contribution in [0.1, 0.15) is 18.4 Å². The van der Waals surface area contributed by atoms with Crippen molar-refractivity contribution in [3.63, 3.8) is 0 Å². The summed E-state index contributed by atoms with van der Waals surface area (Å²) in [6, 6.07) is 4.81. The van der Waals surface area contributed by atoms with Crippen molar-refractivity contribution in [3.8, 4) is 0 Å². The lowest BCUT2D eigenvalue weighted by atomic mass is 9.96. The third-order valence-electron chi connectivity index (χ3n) is 3.63. The first-order valence-electron chi connectivity index (χ1n) is 5.54. The highest BCUT2D eigenvalue weighted by molar-refractivity contribution is 5.94. The largest absolute Gasteiger partial charge is 0.481 e. The molecule has 0 saturated heterocycles. The Morgan fingerprint density at radius 2 is 2.18 bits per heavy atom. The summed E-state index contributed by atoms with van der Waals surface area (Å²) in [4.78, 5) is 11.3. The minimum absolute atomic E-state index is 0.308. The molecule has 1 saturated carbocycles. The number of carboxylic acids is 1. The maximum absolute atomic E-state index is 13.7. The van der Waals surface area contributed by atoms with Crippen LogP contribution in [0.3, 0.4) is 0 Å². The van der Waals surface area contributed by atoms with Gasteiger partial charge in [-0.15, -0.1) is 0 Å². The molecule has 17 heavy (non-hydrogen) atoms. The van der Waals surface area contributed by atoms with Crippen LogP contribution in [-0.2, 0) is 17.3 Å². The highest BCUT2D eigenvalue weighted by atomic mass is 19.1. The van der Waals surface area contributed by atoms with Crippen LogP contribution in [0.4, 0.5) is 4.39 Å². The van der Waals surface area contributed by atoms with Crippen molar-refractivity contribution in [3.05, 3.63) is 35.8 Å². The molecule has 1 N–H and O–H groups in total. The number of aryl methyl sites for hydroxylation is 1. The molecule has 2 aromatic rings. The maximum atomic E-state index is 13.7. The lowest BCUT2D eigenvalue weighted by Gasteiger charge is -2.07. The van der Waals surface area contributed by atoms with Crippen LogP contribution in [-0.4, -0.2) is 15.6 Å². The second kappa shape index (κ2) is 3.09. The summed E-state index contributed by atoms with van der Waals surface area (Å²) in [7, 11) is 1.74. The van der Waals surface area contributed by atoms with Crippen LogP contribution in [0.2, 0.25) is 0 Å². The second-order valence-corrected chi connectivity index (χ2v) is 4.68. The van der Waals surface area contributed by atoms with Crippen LogP contribution < -0.4 is 0 Å². The van der Waals surface area contributed by atoms with Gasteiger partial charge in [0.05, 0.1) is 10.9 Å². The Hall–Kier alpha value is -1.84. The van der Waals surface area contributed by atoms with Gasteiger partial charge in [0.15, 0.2) is 0 Å². The molecular weight excluding hydrogens is 221 g/mol. The van der Waals surface area contributed by atoms with E-state index in [1.165, 1.54) is 6.07 Å². The molecule has 1 aliphatic carbocycles. The van der Waals surface area contributed by atoms with E-state index < -0.39 is 11.4 Å². The number of para-hydroxylation sites is 1. The van der Waals surface area contributed by atoms with Crippen molar-refractivity contribution in [2.75, 3.05) is 0 Å². The van der Waals surface area contributed by atoms with E-state index in [4.69, 9.17) is 0 Å². The van der Waals surface area contributed by atoms with Gasteiger partial charge in [-0.05, 0) is 24.5 Å². The third kappa shape index (κ3) is 1.24. The molecule has 0 aliphatic heterocycles. The highest BCUT2D eigenvalue weighted by Crippen LogP contribution is 2.51. The summed E-state index contributed by atoms with van der Waals surface area (Å²) < 4.78 is 15.4. The standard InChI is InChI=1S/C13H12FNO2/c1-15-7-9(13(5-6-13)12(16)17)8-3-2-4-10(14)11(8)15/h2-4,7H,5-6H2,1H3,(H,16,17). The summed E-state index contributed by atoms with van der Waals surface area (Å²) in [5.41, 5.74) is 0.435. The van der Waals surface area contributed by atoms with Gasteiger partial charge in [-0.25, -0.2) is 4.39 Å². The van der Waals surface area contributed by atoms with Crippen molar-refractivity contribution in [1.82, 2.24) is 4.57 Å². The Morgan fingerprint density at radius 3 is 2.76 bits per heavy atom. The Bertz CT molecular complexity index is 626. The zero-order valence-corrected chi connectivity index (χ0v) is 9.40. The number of fused-ring (bicyclic) bond motifs is 1. The van der Waals surface area contributed by atoms with Crippen LogP contribution in [0.5, 0.6) is 0 Å². The molecule has 1 fully saturated rings. The summed E-state index contributed by atoms with van der Waals surface area (Å²) in [5, 5.41) is 10.0. The minimum atomic E-state index is -0.811. The zero-order valence-electron chi connectivity index (χ0n) is 9.40. The highest BCUT2D eigenvalue weighted by Gasteiger charge is 2.53. The van der Waals surface area contributed by atoms with Crippen LogP contribution in [0.25, 0.3) is 10.9 Å². The molecule has 3 nitrogen and oxygen atoms in total. The molecule has 0 unspecified atom stereocenters. The molecule has 1 heterocycles. The van der Waals surface area contributed by atoms with Crippen LogP contribution in [0, 0.1) is 5.82 Å². The van der Waals surface area contributed by atoms with Crippen LogP contribution >= 0.6 is 0 Å². The summed E-state index contributed by atoms with van der Waals surface area (Å²) in [5.74, 6) is -1.12. The molecule has 0 radical (unpaired) electrons. The SMILES string of the molecule is Cn1cc(C2(C(=O)O)CC2)c2cccc(F)c21. The second-order valence-electron chi connectivity index (χ2n) is 4.68. The lowest BCUT2D eigenvalue weighted by Crippen LogP contribution is -2.19. The number of aromatic nitrogens is 1. The third-order valence-corrected chi connectivity index (χ3v) is 3.63. The van der Waals surface area contributed by atoms with Gasteiger partial charge in [-0.1, -0.05) is 12.1 Å². The van der Waals surface area contributed by atoms with Crippen molar-refractivity contribution in [1.29, 1.82) is 0 Å². The molecule has 0 amide bonds. The topological polar surface area (TPSA) is 42.2 Å². The van der Waals surface area contributed by atoms with Gasteiger partial charge in [-0.3, -0.25) is 4.79 Å². The fourth-order valence-electron chi connectivity index (χ4n) is 2.52. The van der Waals surface area contributed by atoms with Crippen LogP contribution in [0.15, 0.2) is 24.4 Å². The zero-order chi connectivity index (χ0) is 12.2. The molecule has 1 aromatic heterocycles. The van der Waals surface area contributed by atoms with Gasteiger partial charge in [0.25, 0.3) is 0 Å². The number of nitrogens with zero attached hydrogens (tertiary/aromatic N) is 1. The molecule has 88 valence electrons. The maximum Gasteiger partial charge on any atom is 0.314 e. The van der Waals surface area contributed by atoms with E-state index >= 15 is 0 Å². The first kappa shape index (κ1) is 10.3. The molecule has 3 rings (SSSR count). The molecule has 0 atom stereocenters. The number of hydrogen-bond donors (Lipinski definition) is 1. The van der Waals surface area contributed by atoms with E-state index in [0.29, 0.717) is 23.7 Å². The van der Waals surface area contributed by atoms with E-state index in [-0.39, 0.29) is 5.82 Å². The monoisotopic (exact) mass is 233 g/mol. The predicted octanol–water partition coefficient (Wildman–Crippen LogP) is 2.43. The fraction of sp³-hybridized carbons (Fsp3) is 0.308. The molecule has 1 aromatic carbocycles. The minimum Gasteiger partial charge on any atom is -0.481 e. The number of aliphatic carboxylic acids is 1. The lowest BCUT2D eigenvalue weighted by molar-refractivity contribution is -0.140. The summed E-state index contributed by atoms with van der Waals surface area (Å²) in [6.45, 7) is 0. The fourth-order valence-corrected chi connectivity index (χ4v) is 2.52. The van der Waals surface area contributed by atoms with Gasteiger partial charge < -0.3 is 9.67 Å². The van der Waals surface area contributed by atoms with Gasteiger partial charge in [0.1, 0.15) is 5.82 Å². The van der Waals surface area contributed by atoms with Gasteiger partial charge in [0.2, 0.25) is 0 Å². The van der Waals surface area contributed by atoms with E-state index in [2.05, 4.69) is 0 Å². The quantitative estimate of drug-likeness (QED) is 0.865. The normalized spacial score (nSPS) is 17.3. The van der Waals surface area contributed by atoms with E-state index in [1.54, 1.807) is 29.9 Å². The molecule has 1 aliphatic rings. The number of halogens is 1. The first-order valence-corrected chi connectivity index (χ1v) is 5.54. The van der Waals surface area contributed by atoms with Gasteiger partial charge >= 0.3 is 5.97 Å². The average Bonchev–Trinajstić information content (AvgIpc) is 3.00. The smallest absolute Gasteiger partial charge is 0.314 e. The van der Waals surface area contributed by atoms with E-state index in [1.807, 2.05) is 0 Å². The Morgan fingerprint density at radius 1 is 1.47 bits per heavy atom. The molecule has 0 bridgehead atoms. The Kier molecular flexibility index (Phi) is 1.88. The molecule has 4 heteroatoms. The molecule has 0 spiro atoms.